The molecule has 0 spiro atoms. The van der Waals surface area contributed by atoms with Crippen molar-refractivity contribution in [2.75, 3.05) is 10.8 Å². The van der Waals surface area contributed by atoms with Gasteiger partial charge in [0.1, 0.15) is 0 Å². The van der Waals surface area contributed by atoms with Crippen molar-refractivity contribution >= 4 is 21.7 Å². The molecule has 118 valence electrons. The molecule has 1 aromatic carbocycles. The first-order valence-corrected chi connectivity index (χ1v) is 9.31. The monoisotopic (exact) mass is 321 g/mol. The topological polar surface area (TPSA) is 74.7 Å². The Morgan fingerprint density at radius 3 is 2.45 bits per heavy atom. The van der Waals surface area contributed by atoms with Crippen LogP contribution in [0.15, 0.2) is 24.3 Å². The molecule has 0 saturated heterocycles. The van der Waals surface area contributed by atoms with Gasteiger partial charge in [-0.15, -0.1) is 0 Å². The van der Waals surface area contributed by atoms with E-state index >= 15 is 0 Å². The molecule has 1 unspecified atom stereocenters. The Labute approximate surface area is 130 Å². The predicted octanol–water partition coefficient (Wildman–Crippen LogP) is 2.34. The third-order valence-corrected chi connectivity index (χ3v) is 7.64. The van der Waals surface area contributed by atoms with E-state index in [0.717, 1.165) is 18.4 Å². The van der Waals surface area contributed by atoms with Gasteiger partial charge in [-0.2, -0.15) is 0 Å². The Hall–Kier alpha value is -1.56. The number of fused-ring (bicyclic) bond motifs is 1. The van der Waals surface area contributed by atoms with Gasteiger partial charge in [-0.1, -0.05) is 18.2 Å². The van der Waals surface area contributed by atoms with Gasteiger partial charge in [-0.05, 0) is 43.7 Å². The zero-order valence-electron chi connectivity index (χ0n) is 12.2. The van der Waals surface area contributed by atoms with Crippen molar-refractivity contribution in [1.29, 1.82) is 0 Å². The average molecular weight is 321 g/mol. The third kappa shape index (κ3) is 1.89. The summed E-state index contributed by atoms with van der Waals surface area (Å²) >= 11 is 0. The molecule has 0 aromatic heterocycles. The summed E-state index contributed by atoms with van der Waals surface area (Å²) in [5.41, 5.74) is 0.905. The highest BCUT2D eigenvalue weighted by Gasteiger charge is 2.58. The summed E-state index contributed by atoms with van der Waals surface area (Å²) in [6.45, 7) is 0.398. The zero-order chi connectivity index (χ0) is 15.5. The number of nitrogens with zero attached hydrogens (tertiary/aromatic N) is 1. The van der Waals surface area contributed by atoms with E-state index in [0.29, 0.717) is 31.5 Å². The van der Waals surface area contributed by atoms with Gasteiger partial charge in [0.2, 0.25) is 10.0 Å². The van der Waals surface area contributed by atoms with Gasteiger partial charge < -0.3 is 5.11 Å². The molecule has 2 fully saturated rings. The molecule has 0 amide bonds. The summed E-state index contributed by atoms with van der Waals surface area (Å²) in [6.07, 6.45) is 3.45. The molecular formula is C16H19NO4S. The highest BCUT2D eigenvalue weighted by Crippen LogP contribution is 2.60. The van der Waals surface area contributed by atoms with Crippen molar-refractivity contribution in [3.63, 3.8) is 0 Å². The Balaban J connectivity index is 1.77. The van der Waals surface area contributed by atoms with Crippen LogP contribution in [0, 0.1) is 5.41 Å². The van der Waals surface area contributed by atoms with Crippen molar-refractivity contribution in [1.82, 2.24) is 0 Å². The van der Waals surface area contributed by atoms with E-state index in [4.69, 9.17) is 0 Å². The van der Waals surface area contributed by atoms with Crippen LogP contribution in [0.1, 0.15) is 43.6 Å². The van der Waals surface area contributed by atoms with Crippen LogP contribution >= 0.6 is 0 Å². The predicted molar refractivity (Wildman–Crippen MR) is 82.4 cm³/mol. The van der Waals surface area contributed by atoms with Gasteiger partial charge in [-0.3, -0.25) is 9.10 Å². The maximum Gasteiger partial charge on any atom is 0.310 e. The van der Waals surface area contributed by atoms with Crippen molar-refractivity contribution in [2.24, 2.45) is 5.41 Å². The van der Waals surface area contributed by atoms with Gasteiger partial charge in [0, 0.05) is 12.5 Å². The lowest BCUT2D eigenvalue weighted by Gasteiger charge is -2.37. The van der Waals surface area contributed by atoms with Crippen LogP contribution in [0.2, 0.25) is 0 Å². The number of sulfonamides is 1. The lowest BCUT2D eigenvalue weighted by Crippen LogP contribution is -2.41. The number of rotatable bonds is 4. The number of carboxylic acids is 1. The van der Waals surface area contributed by atoms with Gasteiger partial charge in [-0.25, -0.2) is 8.42 Å². The van der Waals surface area contributed by atoms with Crippen LogP contribution in [0.4, 0.5) is 5.69 Å². The molecule has 1 N–H and O–H groups in total. The van der Waals surface area contributed by atoms with E-state index in [9.17, 15) is 18.3 Å². The number of benzene rings is 1. The summed E-state index contributed by atoms with van der Waals surface area (Å²) < 4.78 is 26.8. The van der Waals surface area contributed by atoms with Crippen LogP contribution < -0.4 is 4.31 Å². The molecule has 1 aliphatic heterocycles. The van der Waals surface area contributed by atoms with Crippen molar-refractivity contribution < 1.29 is 18.3 Å². The molecule has 0 bridgehead atoms. The summed E-state index contributed by atoms with van der Waals surface area (Å²) in [5, 5.41) is 9.33. The second kappa shape index (κ2) is 4.47. The number of hydrogen-bond acceptors (Lipinski definition) is 3. The van der Waals surface area contributed by atoms with Crippen LogP contribution in [0.3, 0.4) is 0 Å². The first-order valence-electron chi connectivity index (χ1n) is 7.81. The second-order valence-corrected chi connectivity index (χ2v) is 8.82. The molecular weight excluding hydrogens is 302 g/mol. The quantitative estimate of drug-likeness (QED) is 0.923. The van der Waals surface area contributed by atoms with Crippen LogP contribution in [0.25, 0.3) is 0 Å². The molecule has 1 heterocycles. The smallest absolute Gasteiger partial charge is 0.310 e. The standard InChI is InChI=1S/C16H19NO4S/c18-15(19)16(8-9-16)13-7-10-17(22(20,21)11-5-6-11)14-4-2-1-3-12(13)14/h1-4,11,13H,5-10H2,(H,18,19). The zero-order valence-corrected chi connectivity index (χ0v) is 13.1. The van der Waals surface area contributed by atoms with Crippen molar-refractivity contribution in [3.05, 3.63) is 29.8 Å². The normalized spacial score (nSPS) is 26.4. The van der Waals surface area contributed by atoms with Crippen molar-refractivity contribution in [2.45, 2.75) is 43.3 Å². The number of carbonyl (C=O) groups is 1. The van der Waals surface area contributed by atoms with Crippen LogP contribution in [-0.2, 0) is 14.8 Å². The number of carboxylic acid groups (broad SMARTS) is 1. The highest BCUT2D eigenvalue weighted by atomic mass is 32.2. The maximum atomic E-state index is 12.6. The largest absolute Gasteiger partial charge is 0.481 e. The summed E-state index contributed by atoms with van der Waals surface area (Å²) in [7, 11) is -3.29. The van der Waals surface area contributed by atoms with Crippen molar-refractivity contribution in [3.8, 4) is 0 Å². The van der Waals surface area contributed by atoms with E-state index in [2.05, 4.69) is 0 Å². The fourth-order valence-corrected chi connectivity index (χ4v) is 5.65. The SMILES string of the molecule is O=C(O)C1(C2CCN(S(=O)(=O)C3CC3)c3ccccc32)CC1. The summed E-state index contributed by atoms with van der Waals surface area (Å²) in [4.78, 5) is 11.7. The molecule has 22 heavy (non-hydrogen) atoms. The Morgan fingerprint density at radius 1 is 1.18 bits per heavy atom. The Bertz CT molecular complexity index is 734. The molecule has 3 aliphatic rings. The van der Waals surface area contributed by atoms with Gasteiger partial charge in [0.05, 0.1) is 16.4 Å². The highest BCUT2D eigenvalue weighted by molar-refractivity contribution is 7.93. The first kappa shape index (κ1) is 14.1. The second-order valence-electron chi connectivity index (χ2n) is 6.68. The Morgan fingerprint density at radius 2 is 1.86 bits per heavy atom. The minimum atomic E-state index is -3.29. The minimum absolute atomic E-state index is 0.0770. The molecule has 4 rings (SSSR count). The van der Waals surface area contributed by atoms with E-state index in [-0.39, 0.29) is 11.2 Å². The molecule has 5 nitrogen and oxygen atoms in total. The lowest BCUT2D eigenvalue weighted by molar-refractivity contribution is -0.144. The summed E-state index contributed by atoms with van der Waals surface area (Å²) in [6, 6.07) is 7.42. The fraction of sp³-hybridized carbons (Fsp3) is 0.562. The minimum Gasteiger partial charge on any atom is -0.481 e. The number of aliphatic carboxylic acids is 1. The molecule has 2 aliphatic carbocycles. The molecule has 1 atom stereocenters. The molecule has 6 heteroatoms. The Kier molecular flexibility index (Phi) is 2.86. The average Bonchev–Trinajstić information content (AvgIpc) is 3.39. The van der Waals surface area contributed by atoms with Gasteiger partial charge in [0.25, 0.3) is 0 Å². The maximum absolute atomic E-state index is 12.6. The first-order chi connectivity index (χ1) is 10.5. The molecule has 0 radical (unpaired) electrons. The van der Waals surface area contributed by atoms with Gasteiger partial charge in [0.15, 0.2) is 0 Å². The fourth-order valence-electron chi connectivity index (χ4n) is 3.76. The van der Waals surface area contributed by atoms with Crippen LogP contribution in [0.5, 0.6) is 0 Å². The van der Waals surface area contributed by atoms with E-state index < -0.39 is 21.4 Å². The van der Waals surface area contributed by atoms with E-state index in [1.54, 1.807) is 0 Å². The van der Waals surface area contributed by atoms with Crippen LogP contribution in [-0.4, -0.2) is 31.3 Å². The van der Waals surface area contributed by atoms with Gasteiger partial charge >= 0.3 is 5.97 Å². The molecule has 1 aromatic rings. The summed E-state index contributed by atoms with van der Waals surface area (Å²) in [5.74, 6) is -0.822. The molecule has 2 saturated carbocycles. The number of hydrogen-bond donors (Lipinski definition) is 1. The van der Waals surface area contributed by atoms with E-state index in [1.165, 1.54) is 4.31 Å². The third-order valence-electron chi connectivity index (χ3n) is 5.34. The number of para-hydroxylation sites is 1. The van der Waals surface area contributed by atoms with E-state index in [1.807, 2.05) is 24.3 Å². The lowest BCUT2D eigenvalue weighted by atomic mass is 9.78. The number of anilines is 1.